The van der Waals surface area contributed by atoms with Crippen molar-refractivity contribution in [1.82, 2.24) is 0 Å². The van der Waals surface area contributed by atoms with Crippen molar-refractivity contribution in [2.24, 2.45) is 17.8 Å². The molecule has 14 heavy (non-hydrogen) atoms. The fourth-order valence-electron chi connectivity index (χ4n) is 3.87. The van der Waals surface area contributed by atoms with Gasteiger partial charge in [-0.15, -0.1) is 0 Å². The maximum atomic E-state index is 10.3. The maximum absolute atomic E-state index is 10.3. The molecule has 2 saturated carbocycles. The van der Waals surface area contributed by atoms with Crippen LogP contribution in [0, 0.1) is 17.8 Å². The third-order valence-corrected chi connectivity index (χ3v) is 4.61. The highest BCUT2D eigenvalue weighted by Crippen LogP contribution is 2.51. The summed E-state index contributed by atoms with van der Waals surface area (Å²) in [6.45, 7) is 1.35. The highest BCUT2D eigenvalue weighted by Gasteiger charge is 2.44. The zero-order valence-corrected chi connectivity index (χ0v) is 8.74. The molecule has 0 aromatic carbocycles. The Morgan fingerprint density at radius 3 is 2.79 bits per heavy atom. The van der Waals surface area contributed by atoms with Gasteiger partial charge in [-0.05, 0) is 43.4 Å². The molecule has 2 bridgehead atoms. The molecule has 3 fully saturated rings. The molecule has 2 nitrogen and oxygen atoms in total. The van der Waals surface area contributed by atoms with Crippen molar-refractivity contribution >= 4 is 0 Å². The van der Waals surface area contributed by atoms with Gasteiger partial charge in [-0.1, -0.05) is 6.42 Å². The van der Waals surface area contributed by atoms with Crippen LogP contribution in [0.3, 0.4) is 0 Å². The highest BCUT2D eigenvalue weighted by molar-refractivity contribution is 4.95. The van der Waals surface area contributed by atoms with Crippen LogP contribution in [-0.2, 0) is 4.74 Å². The van der Waals surface area contributed by atoms with Crippen molar-refractivity contribution < 1.29 is 9.84 Å². The molecule has 1 heterocycles. The predicted molar refractivity (Wildman–Crippen MR) is 53.9 cm³/mol. The number of aliphatic hydroxyl groups is 1. The van der Waals surface area contributed by atoms with E-state index in [0.29, 0.717) is 6.61 Å². The van der Waals surface area contributed by atoms with Gasteiger partial charge in [0.15, 0.2) is 0 Å². The topological polar surface area (TPSA) is 29.5 Å². The molecule has 0 amide bonds. The minimum atomic E-state index is -0.463. The van der Waals surface area contributed by atoms with Crippen molar-refractivity contribution in [3.8, 4) is 0 Å². The summed E-state index contributed by atoms with van der Waals surface area (Å²) in [4.78, 5) is 0. The van der Waals surface area contributed by atoms with Crippen LogP contribution in [0.1, 0.15) is 38.5 Å². The van der Waals surface area contributed by atoms with Crippen molar-refractivity contribution in [3.05, 3.63) is 0 Å². The van der Waals surface area contributed by atoms with E-state index in [4.69, 9.17) is 4.74 Å². The van der Waals surface area contributed by atoms with Gasteiger partial charge in [-0.3, -0.25) is 0 Å². The Hall–Kier alpha value is -0.0800. The Bertz CT molecular complexity index is 220. The van der Waals surface area contributed by atoms with E-state index < -0.39 is 5.60 Å². The minimum Gasteiger partial charge on any atom is -0.387 e. The summed E-state index contributed by atoms with van der Waals surface area (Å²) in [6, 6.07) is 0. The van der Waals surface area contributed by atoms with E-state index in [2.05, 4.69) is 0 Å². The first kappa shape index (κ1) is 9.17. The zero-order chi connectivity index (χ0) is 9.60. The van der Waals surface area contributed by atoms with Gasteiger partial charge in [0.2, 0.25) is 0 Å². The molecule has 0 radical (unpaired) electrons. The van der Waals surface area contributed by atoms with Crippen molar-refractivity contribution in [2.75, 3.05) is 13.2 Å². The third kappa shape index (κ3) is 1.49. The van der Waals surface area contributed by atoms with Gasteiger partial charge in [-0.25, -0.2) is 0 Å². The molecule has 1 aliphatic heterocycles. The van der Waals surface area contributed by atoms with Gasteiger partial charge in [-0.2, -0.15) is 0 Å². The van der Waals surface area contributed by atoms with Gasteiger partial charge < -0.3 is 9.84 Å². The minimum absolute atomic E-state index is 0.463. The van der Waals surface area contributed by atoms with E-state index in [1.165, 1.54) is 25.7 Å². The molecule has 1 saturated heterocycles. The smallest absolute Gasteiger partial charge is 0.0904 e. The fourth-order valence-corrected chi connectivity index (χ4v) is 3.87. The summed E-state index contributed by atoms with van der Waals surface area (Å²) >= 11 is 0. The lowest BCUT2D eigenvalue weighted by atomic mass is 9.80. The molecule has 2 aliphatic carbocycles. The summed E-state index contributed by atoms with van der Waals surface area (Å²) < 4.78 is 5.30. The molecule has 3 aliphatic rings. The number of fused-ring (bicyclic) bond motifs is 2. The second-order valence-electron chi connectivity index (χ2n) is 5.67. The number of hydrogen-bond acceptors (Lipinski definition) is 2. The van der Waals surface area contributed by atoms with Gasteiger partial charge in [0.05, 0.1) is 12.2 Å². The Labute approximate surface area is 85.6 Å². The molecule has 2 heteroatoms. The Morgan fingerprint density at radius 2 is 2.21 bits per heavy atom. The molecule has 4 atom stereocenters. The molecule has 0 aromatic heterocycles. The molecule has 0 aromatic rings. The van der Waals surface area contributed by atoms with E-state index in [0.717, 1.165) is 37.2 Å². The Morgan fingerprint density at radius 1 is 1.29 bits per heavy atom. The van der Waals surface area contributed by atoms with E-state index in [9.17, 15) is 5.11 Å². The third-order valence-electron chi connectivity index (χ3n) is 4.61. The average Bonchev–Trinajstić information content (AvgIpc) is 2.80. The maximum Gasteiger partial charge on any atom is 0.0904 e. The van der Waals surface area contributed by atoms with Crippen LogP contribution in [0.15, 0.2) is 0 Å². The molecule has 4 unspecified atom stereocenters. The molecular formula is C12H20O2. The fraction of sp³-hybridized carbons (Fsp3) is 1.00. The average molecular weight is 196 g/mol. The SMILES string of the molecule is OC1(CC2CC3CCC2C3)CCOC1. The van der Waals surface area contributed by atoms with Crippen LogP contribution in [0.25, 0.3) is 0 Å². The normalized spacial score (nSPS) is 51.6. The monoisotopic (exact) mass is 196 g/mol. The van der Waals surface area contributed by atoms with Crippen molar-refractivity contribution in [3.63, 3.8) is 0 Å². The lowest BCUT2D eigenvalue weighted by Gasteiger charge is -2.29. The lowest BCUT2D eigenvalue weighted by molar-refractivity contribution is -0.00156. The lowest BCUT2D eigenvalue weighted by Crippen LogP contribution is -2.33. The summed E-state index contributed by atoms with van der Waals surface area (Å²) in [6.07, 6.45) is 7.58. The van der Waals surface area contributed by atoms with E-state index in [1.807, 2.05) is 0 Å². The van der Waals surface area contributed by atoms with Crippen LogP contribution < -0.4 is 0 Å². The van der Waals surface area contributed by atoms with Crippen molar-refractivity contribution in [2.45, 2.75) is 44.1 Å². The first-order valence-corrected chi connectivity index (χ1v) is 6.05. The van der Waals surface area contributed by atoms with Gasteiger partial charge >= 0.3 is 0 Å². The van der Waals surface area contributed by atoms with E-state index in [1.54, 1.807) is 0 Å². The summed E-state index contributed by atoms with van der Waals surface area (Å²) in [5.41, 5.74) is -0.463. The molecule has 3 rings (SSSR count). The molecule has 1 N–H and O–H groups in total. The largest absolute Gasteiger partial charge is 0.387 e. The van der Waals surface area contributed by atoms with Crippen LogP contribution in [0.4, 0.5) is 0 Å². The number of ether oxygens (including phenoxy) is 1. The van der Waals surface area contributed by atoms with Crippen molar-refractivity contribution in [1.29, 1.82) is 0 Å². The van der Waals surface area contributed by atoms with Crippen LogP contribution >= 0.6 is 0 Å². The summed E-state index contributed by atoms with van der Waals surface area (Å²) in [7, 11) is 0. The second kappa shape index (κ2) is 3.21. The summed E-state index contributed by atoms with van der Waals surface area (Å²) in [5.74, 6) is 2.74. The van der Waals surface area contributed by atoms with Crippen LogP contribution in [-0.4, -0.2) is 23.9 Å². The molecule has 0 spiro atoms. The Kier molecular flexibility index (Phi) is 2.10. The molecular weight excluding hydrogens is 176 g/mol. The summed E-state index contributed by atoms with van der Waals surface area (Å²) in [5, 5.41) is 10.3. The first-order valence-electron chi connectivity index (χ1n) is 6.05. The predicted octanol–water partition coefficient (Wildman–Crippen LogP) is 1.96. The highest BCUT2D eigenvalue weighted by atomic mass is 16.5. The Balaban J connectivity index is 1.62. The van der Waals surface area contributed by atoms with Gasteiger partial charge in [0, 0.05) is 13.0 Å². The number of rotatable bonds is 2. The van der Waals surface area contributed by atoms with Gasteiger partial charge in [0.1, 0.15) is 0 Å². The zero-order valence-electron chi connectivity index (χ0n) is 8.74. The van der Waals surface area contributed by atoms with Crippen LogP contribution in [0.2, 0.25) is 0 Å². The van der Waals surface area contributed by atoms with Gasteiger partial charge in [0.25, 0.3) is 0 Å². The quantitative estimate of drug-likeness (QED) is 0.731. The standard InChI is InChI=1S/C12H20O2/c13-12(3-4-14-8-12)7-11-6-9-1-2-10(11)5-9/h9-11,13H,1-8H2. The first-order chi connectivity index (χ1) is 6.75. The molecule has 80 valence electrons. The number of hydrogen-bond donors (Lipinski definition) is 1. The van der Waals surface area contributed by atoms with E-state index >= 15 is 0 Å². The van der Waals surface area contributed by atoms with Crippen LogP contribution in [0.5, 0.6) is 0 Å². The second-order valence-corrected chi connectivity index (χ2v) is 5.67. The van der Waals surface area contributed by atoms with E-state index in [-0.39, 0.29) is 0 Å².